The minimum atomic E-state index is 0.0728. The molecule has 1 heterocycles. The molecule has 4 nitrogen and oxygen atoms in total. The van der Waals surface area contributed by atoms with Crippen molar-refractivity contribution in [1.29, 1.82) is 0 Å². The molecule has 2 rings (SSSR count). The number of rotatable bonds is 5. The SMILES string of the molecule is CCN(CC1CCCNC1)C(=O)c1cc(C)ccc1OC. The number of hydrogen-bond donors (Lipinski definition) is 1. The number of nitrogens with zero attached hydrogens (tertiary/aromatic N) is 1. The molecule has 1 aromatic rings. The quantitative estimate of drug-likeness (QED) is 0.906. The van der Waals surface area contributed by atoms with Gasteiger partial charge in [-0.05, 0) is 57.8 Å². The summed E-state index contributed by atoms with van der Waals surface area (Å²) < 4.78 is 5.35. The van der Waals surface area contributed by atoms with E-state index in [1.165, 1.54) is 12.8 Å². The van der Waals surface area contributed by atoms with Crippen molar-refractivity contribution in [2.24, 2.45) is 5.92 Å². The van der Waals surface area contributed by atoms with E-state index in [1.54, 1.807) is 7.11 Å². The number of benzene rings is 1. The molecule has 1 saturated heterocycles. The fraction of sp³-hybridized carbons (Fsp3) is 0.588. The second-order valence-corrected chi connectivity index (χ2v) is 5.76. The molecule has 0 aliphatic carbocycles. The third-order valence-corrected chi connectivity index (χ3v) is 4.13. The molecule has 1 aliphatic rings. The molecule has 0 radical (unpaired) electrons. The maximum Gasteiger partial charge on any atom is 0.257 e. The van der Waals surface area contributed by atoms with Crippen molar-refractivity contribution in [3.63, 3.8) is 0 Å². The van der Waals surface area contributed by atoms with Gasteiger partial charge in [0, 0.05) is 13.1 Å². The number of nitrogens with one attached hydrogen (secondary N) is 1. The van der Waals surface area contributed by atoms with Crippen LogP contribution >= 0.6 is 0 Å². The number of ether oxygens (including phenoxy) is 1. The minimum Gasteiger partial charge on any atom is -0.496 e. The summed E-state index contributed by atoms with van der Waals surface area (Å²) in [6, 6.07) is 5.76. The van der Waals surface area contributed by atoms with Crippen LogP contribution in [-0.2, 0) is 0 Å². The topological polar surface area (TPSA) is 41.6 Å². The first kappa shape index (κ1) is 15.8. The Hall–Kier alpha value is -1.55. The first-order valence-electron chi connectivity index (χ1n) is 7.80. The smallest absolute Gasteiger partial charge is 0.257 e. The van der Waals surface area contributed by atoms with Crippen LogP contribution in [0.25, 0.3) is 0 Å². The molecule has 21 heavy (non-hydrogen) atoms. The predicted molar refractivity (Wildman–Crippen MR) is 84.9 cm³/mol. The van der Waals surface area contributed by atoms with Crippen molar-refractivity contribution in [3.8, 4) is 5.75 Å². The maximum atomic E-state index is 12.8. The third-order valence-electron chi connectivity index (χ3n) is 4.13. The monoisotopic (exact) mass is 290 g/mol. The lowest BCUT2D eigenvalue weighted by atomic mass is 9.98. The van der Waals surface area contributed by atoms with Crippen LogP contribution in [0.5, 0.6) is 5.75 Å². The molecule has 0 bridgehead atoms. The van der Waals surface area contributed by atoms with Gasteiger partial charge in [0.1, 0.15) is 5.75 Å². The van der Waals surface area contributed by atoms with Crippen molar-refractivity contribution in [3.05, 3.63) is 29.3 Å². The summed E-state index contributed by atoms with van der Waals surface area (Å²) in [6.07, 6.45) is 2.39. The highest BCUT2D eigenvalue weighted by Crippen LogP contribution is 2.22. The summed E-state index contributed by atoms with van der Waals surface area (Å²) in [5.74, 6) is 1.29. The molecular weight excluding hydrogens is 264 g/mol. The zero-order chi connectivity index (χ0) is 15.2. The molecule has 1 amide bonds. The van der Waals surface area contributed by atoms with Gasteiger partial charge in [0.2, 0.25) is 0 Å². The van der Waals surface area contributed by atoms with Crippen molar-refractivity contribution < 1.29 is 9.53 Å². The molecule has 1 N–H and O–H groups in total. The van der Waals surface area contributed by atoms with Crippen LogP contribution < -0.4 is 10.1 Å². The van der Waals surface area contributed by atoms with Gasteiger partial charge in [-0.15, -0.1) is 0 Å². The highest BCUT2D eigenvalue weighted by atomic mass is 16.5. The number of piperidine rings is 1. The Morgan fingerprint density at radius 1 is 1.48 bits per heavy atom. The largest absolute Gasteiger partial charge is 0.496 e. The van der Waals surface area contributed by atoms with Crippen molar-refractivity contribution in [2.45, 2.75) is 26.7 Å². The van der Waals surface area contributed by atoms with E-state index in [1.807, 2.05) is 36.9 Å². The van der Waals surface area contributed by atoms with E-state index in [-0.39, 0.29) is 5.91 Å². The molecule has 0 spiro atoms. The Morgan fingerprint density at radius 3 is 2.90 bits per heavy atom. The molecule has 1 unspecified atom stereocenters. The highest BCUT2D eigenvalue weighted by Gasteiger charge is 2.22. The number of hydrogen-bond acceptors (Lipinski definition) is 3. The molecule has 116 valence electrons. The number of aryl methyl sites for hydroxylation is 1. The average Bonchev–Trinajstić information content (AvgIpc) is 2.53. The number of carbonyl (C=O) groups excluding carboxylic acids is 1. The van der Waals surface area contributed by atoms with Crippen LogP contribution in [0.15, 0.2) is 18.2 Å². The molecule has 1 atom stereocenters. The first-order valence-corrected chi connectivity index (χ1v) is 7.80. The first-order chi connectivity index (χ1) is 10.2. The number of methoxy groups -OCH3 is 1. The molecule has 4 heteroatoms. The number of amides is 1. The summed E-state index contributed by atoms with van der Waals surface area (Å²) in [6.45, 7) is 7.69. The fourth-order valence-electron chi connectivity index (χ4n) is 2.91. The zero-order valence-electron chi connectivity index (χ0n) is 13.3. The van der Waals surface area contributed by atoms with Crippen LogP contribution in [0, 0.1) is 12.8 Å². The van der Waals surface area contributed by atoms with E-state index in [0.717, 1.165) is 31.7 Å². The Balaban J connectivity index is 2.13. The van der Waals surface area contributed by atoms with E-state index >= 15 is 0 Å². The number of carbonyl (C=O) groups is 1. The second-order valence-electron chi connectivity index (χ2n) is 5.76. The normalized spacial score (nSPS) is 18.3. The van der Waals surface area contributed by atoms with Crippen LogP contribution in [-0.4, -0.2) is 44.1 Å². The molecule has 0 aromatic heterocycles. The van der Waals surface area contributed by atoms with Gasteiger partial charge >= 0.3 is 0 Å². The molecule has 0 saturated carbocycles. The van der Waals surface area contributed by atoms with E-state index in [2.05, 4.69) is 5.32 Å². The summed E-state index contributed by atoms with van der Waals surface area (Å²) in [5.41, 5.74) is 1.75. The van der Waals surface area contributed by atoms with Crippen molar-refractivity contribution in [2.75, 3.05) is 33.3 Å². The summed E-state index contributed by atoms with van der Waals surface area (Å²) in [7, 11) is 1.61. The lowest BCUT2D eigenvalue weighted by Crippen LogP contribution is -2.41. The van der Waals surface area contributed by atoms with E-state index in [4.69, 9.17) is 4.74 Å². The van der Waals surface area contributed by atoms with Crippen LogP contribution in [0.4, 0.5) is 0 Å². The van der Waals surface area contributed by atoms with Gasteiger partial charge in [-0.1, -0.05) is 11.6 Å². The Labute approximate surface area is 127 Å². The van der Waals surface area contributed by atoms with Crippen LogP contribution in [0.1, 0.15) is 35.7 Å². The maximum absolute atomic E-state index is 12.8. The Kier molecular flexibility index (Phi) is 5.62. The zero-order valence-corrected chi connectivity index (χ0v) is 13.3. The van der Waals surface area contributed by atoms with E-state index in [0.29, 0.717) is 17.2 Å². The summed E-state index contributed by atoms with van der Waals surface area (Å²) in [5, 5.41) is 3.41. The molecule has 1 aliphatic heterocycles. The lowest BCUT2D eigenvalue weighted by Gasteiger charge is -2.30. The summed E-state index contributed by atoms with van der Waals surface area (Å²) in [4.78, 5) is 14.7. The minimum absolute atomic E-state index is 0.0728. The predicted octanol–water partition coefficient (Wildman–Crippen LogP) is 2.47. The third kappa shape index (κ3) is 3.97. The van der Waals surface area contributed by atoms with Crippen molar-refractivity contribution >= 4 is 5.91 Å². The van der Waals surface area contributed by atoms with Gasteiger partial charge in [-0.2, -0.15) is 0 Å². The molecular formula is C17H26N2O2. The lowest BCUT2D eigenvalue weighted by molar-refractivity contribution is 0.0725. The van der Waals surface area contributed by atoms with E-state index < -0.39 is 0 Å². The second kappa shape index (κ2) is 7.46. The molecule has 1 fully saturated rings. The summed E-state index contributed by atoms with van der Waals surface area (Å²) >= 11 is 0. The van der Waals surface area contributed by atoms with Gasteiger partial charge in [0.15, 0.2) is 0 Å². The van der Waals surface area contributed by atoms with E-state index in [9.17, 15) is 4.79 Å². The molecule has 1 aromatic carbocycles. The van der Waals surface area contributed by atoms with Gasteiger partial charge in [0.25, 0.3) is 5.91 Å². The van der Waals surface area contributed by atoms with Gasteiger partial charge in [-0.25, -0.2) is 0 Å². The van der Waals surface area contributed by atoms with Gasteiger partial charge in [-0.3, -0.25) is 4.79 Å². The van der Waals surface area contributed by atoms with Gasteiger partial charge in [0.05, 0.1) is 12.7 Å². The van der Waals surface area contributed by atoms with Crippen LogP contribution in [0.2, 0.25) is 0 Å². The average molecular weight is 290 g/mol. The van der Waals surface area contributed by atoms with Gasteiger partial charge < -0.3 is 15.0 Å². The Bertz CT molecular complexity index is 482. The van der Waals surface area contributed by atoms with Crippen molar-refractivity contribution in [1.82, 2.24) is 10.2 Å². The van der Waals surface area contributed by atoms with Crippen LogP contribution in [0.3, 0.4) is 0 Å². The fourth-order valence-corrected chi connectivity index (χ4v) is 2.91. The standard InChI is InChI=1S/C17H26N2O2/c1-4-19(12-14-6-5-9-18-11-14)17(20)15-10-13(2)7-8-16(15)21-3/h7-8,10,14,18H,4-6,9,11-12H2,1-3H3. The Morgan fingerprint density at radius 2 is 2.29 bits per heavy atom. The highest BCUT2D eigenvalue weighted by molar-refractivity contribution is 5.97.